The number of likely N-dealkylation sites (tertiary alicyclic amines) is 1. The number of carbonyl (C=O) groups is 1. The van der Waals surface area contributed by atoms with Gasteiger partial charge in [0.15, 0.2) is 0 Å². The van der Waals surface area contributed by atoms with Crippen molar-refractivity contribution < 1.29 is 27.4 Å². The fourth-order valence-corrected chi connectivity index (χ4v) is 4.64. The zero-order valence-electron chi connectivity index (χ0n) is 19.9. The van der Waals surface area contributed by atoms with Gasteiger partial charge in [-0.25, -0.2) is 0 Å². The van der Waals surface area contributed by atoms with E-state index in [9.17, 15) is 18.0 Å². The number of hydrogen-bond donors (Lipinski definition) is 1. The van der Waals surface area contributed by atoms with Crippen molar-refractivity contribution in [3.05, 3.63) is 89.7 Å². The van der Waals surface area contributed by atoms with Gasteiger partial charge in [0, 0.05) is 36.6 Å². The van der Waals surface area contributed by atoms with E-state index in [-0.39, 0.29) is 36.7 Å². The Hall–Kier alpha value is -3.59. The first-order valence-electron chi connectivity index (χ1n) is 11.7. The van der Waals surface area contributed by atoms with Crippen molar-refractivity contribution in [3.63, 3.8) is 0 Å². The molecule has 4 rings (SSSR count). The summed E-state index contributed by atoms with van der Waals surface area (Å²) in [5.41, 5.74) is 2.23. The number of rotatable bonds is 8. The smallest absolute Gasteiger partial charge is 0.496 e. The van der Waals surface area contributed by atoms with Crippen molar-refractivity contribution in [2.24, 2.45) is 0 Å². The molecule has 1 N–H and O–H groups in total. The van der Waals surface area contributed by atoms with Crippen molar-refractivity contribution in [2.75, 3.05) is 13.7 Å². The van der Waals surface area contributed by atoms with Crippen LogP contribution in [0.1, 0.15) is 35.7 Å². The van der Waals surface area contributed by atoms with Gasteiger partial charge in [-0.2, -0.15) is 0 Å². The van der Waals surface area contributed by atoms with Crippen LogP contribution in [-0.2, 0) is 17.8 Å². The number of methoxy groups -OCH3 is 1. The summed E-state index contributed by atoms with van der Waals surface area (Å²) in [6, 6.07) is 18.9. The summed E-state index contributed by atoms with van der Waals surface area (Å²) >= 11 is 0. The number of halogens is 3. The van der Waals surface area contributed by atoms with Crippen LogP contribution in [0.4, 0.5) is 13.2 Å². The van der Waals surface area contributed by atoms with Crippen LogP contribution >= 0.6 is 0 Å². The third-order valence-corrected chi connectivity index (χ3v) is 6.19. The number of benzene rings is 2. The van der Waals surface area contributed by atoms with Gasteiger partial charge in [-0.1, -0.05) is 36.4 Å². The summed E-state index contributed by atoms with van der Waals surface area (Å²) in [6.45, 7) is 0.857. The van der Waals surface area contributed by atoms with Crippen molar-refractivity contribution in [2.45, 2.75) is 44.3 Å². The van der Waals surface area contributed by atoms with E-state index in [0.29, 0.717) is 23.6 Å². The number of hydrogen-bond acceptors (Lipinski definition) is 5. The Morgan fingerprint density at radius 1 is 1.11 bits per heavy atom. The number of ether oxygens (including phenoxy) is 2. The maximum absolute atomic E-state index is 13.4. The predicted octanol–water partition coefficient (Wildman–Crippen LogP) is 5.05. The first-order chi connectivity index (χ1) is 17.3. The molecule has 0 saturated carbocycles. The second-order valence-electron chi connectivity index (χ2n) is 8.59. The second kappa shape index (κ2) is 11.4. The summed E-state index contributed by atoms with van der Waals surface area (Å²) in [4.78, 5) is 19.5. The van der Waals surface area contributed by atoms with Gasteiger partial charge in [0.05, 0.1) is 19.6 Å². The largest absolute Gasteiger partial charge is 0.573 e. The fraction of sp³-hybridized carbons (Fsp3) is 0.333. The molecule has 9 heteroatoms. The summed E-state index contributed by atoms with van der Waals surface area (Å²) in [5, 5.41) is 3.47. The maximum atomic E-state index is 13.4. The third kappa shape index (κ3) is 6.54. The van der Waals surface area contributed by atoms with Gasteiger partial charge in [-0.3, -0.25) is 9.78 Å². The minimum absolute atomic E-state index is 0.0211. The molecule has 2 heterocycles. The van der Waals surface area contributed by atoms with E-state index < -0.39 is 6.36 Å². The van der Waals surface area contributed by atoms with Crippen LogP contribution in [0.15, 0.2) is 72.9 Å². The van der Waals surface area contributed by atoms with Crippen LogP contribution in [0.25, 0.3) is 0 Å². The van der Waals surface area contributed by atoms with E-state index in [2.05, 4.69) is 15.0 Å². The number of amides is 1. The minimum atomic E-state index is -4.78. The topological polar surface area (TPSA) is 63.7 Å². The lowest BCUT2D eigenvalue weighted by Gasteiger charge is -2.42. The van der Waals surface area contributed by atoms with Crippen molar-refractivity contribution in [3.8, 4) is 11.5 Å². The number of pyridine rings is 1. The molecule has 0 spiro atoms. The zero-order valence-corrected chi connectivity index (χ0v) is 19.9. The molecule has 1 amide bonds. The van der Waals surface area contributed by atoms with E-state index in [0.717, 1.165) is 18.4 Å². The van der Waals surface area contributed by atoms with Gasteiger partial charge in [0.1, 0.15) is 11.5 Å². The Morgan fingerprint density at radius 2 is 1.89 bits per heavy atom. The van der Waals surface area contributed by atoms with Crippen LogP contribution in [-0.4, -0.2) is 41.8 Å². The molecular weight excluding hydrogens is 471 g/mol. The van der Waals surface area contributed by atoms with Crippen LogP contribution in [0, 0.1) is 0 Å². The van der Waals surface area contributed by atoms with Gasteiger partial charge in [-0.15, -0.1) is 13.2 Å². The lowest BCUT2D eigenvalue weighted by molar-refractivity contribution is -0.274. The molecule has 3 aromatic rings. The lowest BCUT2D eigenvalue weighted by Crippen LogP contribution is -2.50. The quantitative estimate of drug-likeness (QED) is 0.470. The Morgan fingerprint density at radius 3 is 2.58 bits per heavy atom. The van der Waals surface area contributed by atoms with Gasteiger partial charge >= 0.3 is 6.36 Å². The maximum Gasteiger partial charge on any atom is 0.573 e. The molecule has 1 aliphatic rings. The monoisotopic (exact) mass is 499 g/mol. The molecular formula is C27H28F3N3O3. The minimum Gasteiger partial charge on any atom is -0.496 e. The van der Waals surface area contributed by atoms with Gasteiger partial charge in [-0.05, 0) is 48.7 Å². The Labute approximate surface area is 208 Å². The Kier molecular flexibility index (Phi) is 8.10. The molecule has 2 unspecified atom stereocenters. The lowest BCUT2D eigenvalue weighted by atomic mass is 9.89. The molecule has 2 aromatic carbocycles. The second-order valence-corrected chi connectivity index (χ2v) is 8.59. The zero-order chi connectivity index (χ0) is 25.5. The Balaban J connectivity index is 1.56. The van der Waals surface area contributed by atoms with Crippen molar-refractivity contribution >= 4 is 5.91 Å². The fourth-order valence-electron chi connectivity index (χ4n) is 4.64. The number of carbonyl (C=O) groups excluding carboxylic acids is 1. The van der Waals surface area contributed by atoms with E-state index >= 15 is 0 Å². The summed E-state index contributed by atoms with van der Waals surface area (Å²) in [5.74, 6) is 0.120. The van der Waals surface area contributed by atoms with E-state index in [4.69, 9.17) is 4.74 Å². The third-order valence-electron chi connectivity index (χ3n) is 6.19. The molecule has 2 atom stereocenters. The number of aromatic nitrogens is 1. The molecule has 6 nitrogen and oxygen atoms in total. The van der Waals surface area contributed by atoms with E-state index in [1.807, 2.05) is 53.4 Å². The highest BCUT2D eigenvalue weighted by molar-refractivity contribution is 5.79. The number of nitrogens with one attached hydrogen (secondary N) is 1. The number of nitrogens with zero attached hydrogens (tertiary/aromatic N) is 2. The average Bonchev–Trinajstić information content (AvgIpc) is 2.87. The molecule has 1 fully saturated rings. The normalized spacial score (nSPS) is 18.1. The summed E-state index contributed by atoms with van der Waals surface area (Å²) < 4.78 is 47.7. The number of alkyl halides is 3. The number of piperidine rings is 1. The highest BCUT2D eigenvalue weighted by atomic mass is 19.4. The Bertz CT molecular complexity index is 1140. The molecule has 1 saturated heterocycles. The predicted molar refractivity (Wildman–Crippen MR) is 128 cm³/mol. The highest BCUT2D eigenvalue weighted by Gasteiger charge is 2.35. The molecule has 0 bridgehead atoms. The van der Waals surface area contributed by atoms with Crippen LogP contribution in [0.5, 0.6) is 11.5 Å². The van der Waals surface area contributed by atoms with Gasteiger partial charge in [0.25, 0.3) is 0 Å². The van der Waals surface area contributed by atoms with Gasteiger partial charge < -0.3 is 19.7 Å². The van der Waals surface area contributed by atoms with Crippen LogP contribution in [0.3, 0.4) is 0 Å². The standard InChI is InChI=1S/C27H28F3N3O3/c1-35-24-13-12-22(36-27(28,29)30)16-20(24)18-32-23-11-7-15-33(26(23)19-8-3-2-4-9-19)25(34)17-21-10-5-6-14-31-21/h2-6,8-10,12-14,16,23,26,32H,7,11,15,17-18H2,1H3. The van der Waals surface area contributed by atoms with Crippen molar-refractivity contribution in [1.82, 2.24) is 15.2 Å². The molecule has 190 valence electrons. The van der Waals surface area contributed by atoms with Crippen LogP contribution < -0.4 is 14.8 Å². The van der Waals surface area contributed by atoms with Gasteiger partial charge in [0.2, 0.25) is 5.91 Å². The molecule has 0 aliphatic carbocycles. The average molecular weight is 500 g/mol. The molecule has 36 heavy (non-hydrogen) atoms. The summed E-state index contributed by atoms with van der Waals surface area (Å²) in [6.07, 6.45) is -1.32. The first kappa shape index (κ1) is 25.5. The van der Waals surface area contributed by atoms with E-state index in [1.54, 1.807) is 6.20 Å². The summed E-state index contributed by atoms with van der Waals surface area (Å²) in [7, 11) is 1.47. The SMILES string of the molecule is COc1ccc(OC(F)(F)F)cc1CNC1CCCN(C(=O)Cc2ccccn2)C1c1ccccc1. The molecule has 1 aromatic heterocycles. The van der Waals surface area contributed by atoms with E-state index in [1.165, 1.54) is 25.3 Å². The van der Waals surface area contributed by atoms with Crippen molar-refractivity contribution in [1.29, 1.82) is 0 Å². The first-order valence-corrected chi connectivity index (χ1v) is 11.7. The van der Waals surface area contributed by atoms with Crippen LogP contribution in [0.2, 0.25) is 0 Å². The highest BCUT2D eigenvalue weighted by Crippen LogP contribution is 2.33. The molecule has 0 radical (unpaired) electrons. The molecule has 1 aliphatic heterocycles.